The summed E-state index contributed by atoms with van der Waals surface area (Å²) in [5.41, 5.74) is 3.64. The van der Waals surface area contributed by atoms with Crippen LogP contribution in [0.4, 0.5) is 0 Å². The van der Waals surface area contributed by atoms with Gasteiger partial charge in [-0.25, -0.2) is 0 Å². The predicted molar refractivity (Wildman–Crippen MR) is 101 cm³/mol. The average Bonchev–Trinajstić information content (AvgIpc) is 3.44. The van der Waals surface area contributed by atoms with Crippen LogP contribution in [0.5, 0.6) is 5.75 Å². The van der Waals surface area contributed by atoms with Crippen molar-refractivity contribution in [3.63, 3.8) is 0 Å². The molecule has 2 heterocycles. The van der Waals surface area contributed by atoms with Crippen LogP contribution in [0, 0.1) is 0 Å². The number of aromatic nitrogens is 4. The molecule has 0 aliphatic carbocycles. The third kappa shape index (κ3) is 3.61. The molecule has 2 aromatic heterocycles. The van der Waals surface area contributed by atoms with Crippen LogP contribution < -0.4 is 10.1 Å². The van der Waals surface area contributed by atoms with Gasteiger partial charge in [-0.05, 0) is 23.8 Å². The molecule has 4 aromatic rings. The zero-order valence-electron chi connectivity index (χ0n) is 15.0. The number of para-hydroxylation sites is 1. The van der Waals surface area contributed by atoms with Gasteiger partial charge in [-0.15, -0.1) is 0 Å². The number of carbonyl (C=O) groups is 1. The van der Waals surface area contributed by atoms with E-state index in [1.807, 2.05) is 48.5 Å². The molecule has 28 heavy (non-hydrogen) atoms. The van der Waals surface area contributed by atoms with Gasteiger partial charge in [0.1, 0.15) is 11.4 Å². The van der Waals surface area contributed by atoms with Crippen molar-refractivity contribution in [1.29, 1.82) is 0 Å². The lowest BCUT2D eigenvalue weighted by atomic mass is 10.1. The number of hydrogen-bond donors (Lipinski definition) is 2. The highest BCUT2D eigenvalue weighted by atomic mass is 16.5. The van der Waals surface area contributed by atoms with Crippen molar-refractivity contribution < 1.29 is 14.1 Å². The van der Waals surface area contributed by atoms with E-state index in [0.717, 1.165) is 16.7 Å². The number of nitrogens with zero attached hydrogens (tertiary/aromatic N) is 3. The molecule has 0 aliphatic rings. The lowest BCUT2D eigenvalue weighted by molar-refractivity contribution is 0.0946. The van der Waals surface area contributed by atoms with Crippen LogP contribution in [0.25, 0.3) is 22.6 Å². The van der Waals surface area contributed by atoms with Crippen LogP contribution >= 0.6 is 0 Å². The number of ether oxygens (including phenoxy) is 1. The molecule has 0 aliphatic heterocycles. The van der Waals surface area contributed by atoms with Gasteiger partial charge < -0.3 is 14.6 Å². The van der Waals surface area contributed by atoms with Crippen molar-refractivity contribution in [1.82, 2.24) is 25.7 Å². The molecular weight excluding hydrogens is 358 g/mol. The summed E-state index contributed by atoms with van der Waals surface area (Å²) in [6, 6.07) is 16.8. The maximum Gasteiger partial charge on any atom is 0.269 e. The molecule has 8 nitrogen and oxygen atoms in total. The SMILES string of the molecule is COc1ccccc1-c1cc(C(=O)NCc2ccc(-c3ncon3)cc2)[nH]n1. The number of methoxy groups -OCH3 is 1. The molecule has 140 valence electrons. The highest BCUT2D eigenvalue weighted by Gasteiger charge is 2.13. The van der Waals surface area contributed by atoms with E-state index in [1.54, 1.807) is 13.2 Å². The standard InChI is InChI=1S/C20H17N5O3/c1-27-18-5-3-2-4-15(18)16-10-17(24-23-16)20(26)21-11-13-6-8-14(9-7-13)19-22-12-28-25-19/h2-10,12H,11H2,1H3,(H,21,26)(H,23,24). The number of rotatable bonds is 6. The van der Waals surface area contributed by atoms with Crippen molar-refractivity contribution >= 4 is 5.91 Å². The van der Waals surface area contributed by atoms with E-state index in [4.69, 9.17) is 9.26 Å². The largest absolute Gasteiger partial charge is 0.496 e. The van der Waals surface area contributed by atoms with Gasteiger partial charge in [0.05, 0.1) is 12.8 Å². The van der Waals surface area contributed by atoms with Crippen LogP contribution in [0.15, 0.2) is 65.5 Å². The molecule has 2 aromatic carbocycles. The molecule has 0 spiro atoms. The molecule has 0 unspecified atom stereocenters. The molecule has 1 amide bonds. The summed E-state index contributed by atoms with van der Waals surface area (Å²) in [7, 11) is 1.60. The van der Waals surface area contributed by atoms with Gasteiger partial charge in [0, 0.05) is 17.7 Å². The molecule has 4 rings (SSSR count). The normalized spacial score (nSPS) is 10.6. The number of H-pyrrole nitrogens is 1. The monoisotopic (exact) mass is 375 g/mol. The Balaban J connectivity index is 1.41. The van der Waals surface area contributed by atoms with E-state index in [1.165, 1.54) is 6.39 Å². The fourth-order valence-electron chi connectivity index (χ4n) is 2.78. The third-order valence-corrected chi connectivity index (χ3v) is 4.23. The first-order valence-electron chi connectivity index (χ1n) is 8.57. The Bertz CT molecular complexity index is 1070. The lowest BCUT2D eigenvalue weighted by Crippen LogP contribution is -2.23. The molecule has 0 fully saturated rings. The van der Waals surface area contributed by atoms with Crippen LogP contribution in [0.2, 0.25) is 0 Å². The van der Waals surface area contributed by atoms with Gasteiger partial charge in [0.2, 0.25) is 12.2 Å². The van der Waals surface area contributed by atoms with E-state index < -0.39 is 0 Å². The molecular formula is C20H17N5O3. The first-order chi connectivity index (χ1) is 13.7. The van der Waals surface area contributed by atoms with Gasteiger partial charge in [0.25, 0.3) is 5.91 Å². The second-order valence-corrected chi connectivity index (χ2v) is 6.00. The topological polar surface area (TPSA) is 106 Å². The van der Waals surface area contributed by atoms with Gasteiger partial charge in [-0.3, -0.25) is 9.89 Å². The Labute approximate surface area is 160 Å². The summed E-state index contributed by atoms with van der Waals surface area (Å²) in [4.78, 5) is 16.4. The Morgan fingerprint density at radius 3 is 2.75 bits per heavy atom. The van der Waals surface area contributed by atoms with Crippen LogP contribution in [0.1, 0.15) is 16.1 Å². The van der Waals surface area contributed by atoms with Gasteiger partial charge in [-0.1, -0.05) is 41.6 Å². The minimum Gasteiger partial charge on any atom is -0.496 e. The average molecular weight is 375 g/mol. The Morgan fingerprint density at radius 2 is 2.00 bits per heavy atom. The fraction of sp³-hybridized carbons (Fsp3) is 0.100. The summed E-state index contributed by atoms with van der Waals surface area (Å²) < 4.78 is 10.1. The van der Waals surface area contributed by atoms with Gasteiger partial charge in [0.15, 0.2) is 0 Å². The Hall–Kier alpha value is -3.94. The third-order valence-electron chi connectivity index (χ3n) is 4.23. The molecule has 0 saturated carbocycles. The number of aromatic amines is 1. The van der Waals surface area contributed by atoms with Crippen molar-refractivity contribution in [2.24, 2.45) is 0 Å². The highest BCUT2D eigenvalue weighted by molar-refractivity contribution is 5.93. The van der Waals surface area contributed by atoms with E-state index in [9.17, 15) is 4.79 Å². The summed E-state index contributed by atoms with van der Waals surface area (Å²) >= 11 is 0. The maximum absolute atomic E-state index is 12.4. The lowest BCUT2D eigenvalue weighted by Gasteiger charge is -2.05. The first-order valence-corrected chi connectivity index (χ1v) is 8.57. The number of amides is 1. The van der Waals surface area contributed by atoms with E-state index in [0.29, 0.717) is 29.5 Å². The minimum absolute atomic E-state index is 0.240. The van der Waals surface area contributed by atoms with Crippen molar-refractivity contribution in [3.05, 3.63) is 72.2 Å². The zero-order valence-corrected chi connectivity index (χ0v) is 15.0. The Kier molecular flexibility index (Phi) is 4.83. The fourth-order valence-corrected chi connectivity index (χ4v) is 2.78. The van der Waals surface area contributed by atoms with Crippen LogP contribution in [-0.4, -0.2) is 33.4 Å². The first kappa shape index (κ1) is 17.5. The highest BCUT2D eigenvalue weighted by Crippen LogP contribution is 2.28. The molecule has 0 bridgehead atoms. The van der Waals surface area contributed by atoms with Crippen molar-refractivity contribution in [2.75, 3.05) is 7.11 Å². The quantitative estimate of drug-likeness (QED) is 0.536. The number of hydrogen-bond acceptors (Lipinski definition) is 6. The van der Waals surface area contributed by atoms with Crippen molar-refractivity contribution in [2.45, 2.75) is 6.54 Å². The summed E-state index contributed by atoms with van der Waals surface area (Å²) in [6.45, 7) is 0.383. The number of nitrogens with one attached hydrogen (secondary N) is 2. The molecule has 8 heteroatoms. The molecule has 0 saturated heterocycles. The summed E-state index contributed by atoms with van der Waals surface area (Å²) in [5.74, 6) is 0.982. The van der Waals surface area contributed by atoms with Crippen LogP contribution in [0.3, 0.4) is 0 Å². The summed E-state index contributed by atoms with van der Waals surface area (Å²) in [5, 5.41) is 13.7. The molecule has 2 N–H and O–H groups in total. The second-order valence-electron chi connectivity index (χ2n) is 6.00. The van der Waals surface area contributed by atoms with E-state index in [2.05, 4.69) is 25.7 Å². The summed E-state index contributed by atoms with van der Waals surface area (Å²) in [6.07, 6.45) is 1.28. The van der Waals surface area contributed by atoms with E-state index in [-0.39, 0.29) is 5.91 Å². The second kappa shape index (κ2) is 7.75. The van der Waals surface area contributed by atoms with Gasteiger partial charge >= 0.3 is 0 Å². The van der Waals surface area contributed by atoms with Crippen molar-refractivity contribution in [3.8, 4) is 28.4 Å². The van der Waals surface area contributed by atoms with E-state index >= 15 is 0 Å². The number of carbonyl (C=O) groups excluding carboxylic acids is 1. The number of benzene rings is 2. The minimum atomic E-state index is -0.240. The zero-order chi connectivity index (χ0) is 19.3. The Morgan fingerprint density at radius 1 is 1.18 bits per heavy atom. The molecule has 0 atom stereocenters. The predicted octanol–water partition coefficient (Wildman–Crippen LogP) is 3.07. The maximum atomic E-state index is 12.4. The molecule has 0 radical (unpaired) electrons. The van der Waals surface area contributed by atoms with Gasteiger partial charge in [-0.2, -0.15) is 10.1 Å². The smallest absolute Gasteiger partial charge is 0.269 e. The van der Waals surface area contributed by atoms with Crippen LogP contribution in [-0.2, 0) is 6.54 Å².